The molecule has 60 heavy (non-hydrogen) atoms. The predicted octanol–water partition coefficient (Wildman–Crippen LogP) is 16.1. The van der Waals surface area contributed by atoms with E-state index in [1.54, 1.807) is 0 Å². The van der Waals surface area contributed by atoms with Crippen molar-refractivity contribution in [3.05, 3.63) is 247 Å². The number of benzene rings is 9. The molecule has 0 saturated carbocycles. The normalized spacial score (nSPS) is 11.6. The molecule has 0 aliphatic heterocycles. The summed E-state index contributed by atoms with van der Waals surface area (Å²) in [6.45, 7) is 4.43. The van der Waals surface area contributed by atoms with E-state index >= 15 is 0 Å². The summed E-state index contributed by atoms with van der Waals surface area (Å²) in [5, 5.41) is 6.01. The lowest BCUT2D eigenvalue weighted by Gasteiger charge is -2.17. The number of para-hydroxylation sites is 1. The monoisotopic (exact) mass is 765 g/mol. The van der Waals surface area contributed by atoms with Gasteiger partial charge in [0.05, 0.1) is 11.2 Å². The minimum Gasteiger partial charge on any atom is -0.247 e. The zero-order chi connectivity index (χ0) is 40.4. The van der Waals surface area contributed by atoms with Crippen LogP contribution in [-0.2, 0) is 0 Å². The van der Waals surface area contributed by atoms with Gasteiger partial charge < -0.3 is 0 Å². The summed E-state index contributed by atoms with van der Waals surface area (Å²) in [4.78, 5) is 5.19. The third-order valence-electron chi connectivity index (χ3n) is 11.7. The second kappa shape index (κ2) is 16.0. The van der Waals surface area contributed by atoms with E-state index in [0.29, 0.717) is 0 Å². The Morgan fingerprint density at radius 3 is 1.50 bits per heavy atom. The smallest absolute Gasteiger partial charge is 0.0788 e. The second-order valence-electron chi connectivity index (χ2n) is 15.7. The zero-order valence-electron chi connectivity index (χ0n) is 33.8. The molecule has 0 unspecified atom stereocenters. The molecule has 1 nitrogen and oxygen atoms in total. The van der Waals surface area contributed by atoms with E-state index in [-0.39, 0.29) is 0 Å². The van der Waals surface area contributed by atoms with Crippen molar-refractivity contribution in [2.45, 2.75) is 13.8 Å². The van der Waals surface area contributed by atoms with Crippen molar-refractivity contribution in [2.24, 2.45) is 0 Å². The molecule has 0 aliphatic rings. The number of nitrogens with zero attached hydrogens (tertiary/aromatic N) is 1. The van der Waals surface area contributed by atoms with E-state index < -0.39 is 0 Å². The maximum absolute atomic E-state index is 5.19. The van der Waals surface area contributed by atoms with Crippen LogP contribution in [0.25, 0.3) is 88.2 Å². The molecule has 0 saturated heterocycles. The van der Waals surface area contributed by atoms with Crippen LogP contribution in [-0.4, -0.2) is 4.98 Å². The molecule has 0 aliphatic carbocycles. The van der Waals surface area contributed by atoms with Crippen molar-refractivity contribution >= 4 is 43.6 Å². The lowest BCUT2D eigenvalue weighted by molar-refractivity contribution is 1.38. The zero-order valence-corrected chi connectivity index (χ0v) is 33.8. The number of hydrogen-bond donors (Lipinski definition) is 0. The first kappa shape index (κ1) is 36.7. The highest BCUT2D eigenvalue weighted by molar-refractivity contribution is 6.11. The van der Waals surface area contributed by atoms with Crippen molar-refractivity contribution in [1.29, 1.82) is 0 Å². The average molecular weight is 766 g/mol. The first-order valence-corrected chi connectivity index (χ1v) is 20.7. The highest BCUT2D eigenvalue weighted by Crippen LogP contribution is 2.39. The van der Waals surface area contributed by atoms with Crippen molar-refractivity contribution in [1.82, 2.24) is 4.98 Å². The SMILES string of the molecule is CC(C)=C(/C=C(/c1ccc(-c2ccccc2)cc1)c1cc(-c2ccc(-c3ccccc3)cc2)c2ccccc2c1)c1ccc(-c2nc3ccccc3c3ccccc23)cc1. The van der Waals surface area contributed by atoms with Crippen LogP contribution in [0.1, 0.15) is 30.5 Å². The molecule has 10 aromatic rings. The highest BCUT2D eigenvalue weighted by atomic mass is 14.7. The number of aromatic nitrogens is 1. The van der Waals surface area contributed by atoms with Gasteiger partial charge in [-0.15, -0.1) is 0 Å². The standard InChI is InChI=1S/C59H43N/c1-40(2)55(45-33-35-48(36-34-45)59-54-23-12-11-21-52(54)53-22-13-14-24-58(53)60-59)39-56(46-29-25-43(26-30-46)41-15-5-3-6-16-41)50-37-49-19-9-10-20-51(49)57(38-50)47-31-27-44(28-32-47)42-17-7-4-8-18-42/h3-39H,1-2H3/b56-39-. The maximum atomic E-state index is 5.19. The van der Waals surface area contributed by atoms with Crippen molar-refractivity contribution < 1.29 is 0 Å². The number of fused-ring (bicyclic) bond motifs is 4. The average Bonchev–Trinajstić information content (AvgIpc) is 3.32. The first-order valence-electron chi connectivity index (χ1n) is 20.7. The van der Waals surface area contributed by atoms with Crippen LogP contribution in [0.5, 0.6) is 0 Å². The van der Waals surface area contributed by atoms with Gasteiger partial charge in [-0.25, -0.2) is 4.98 Å². The van der Waals surface area contributed by atoms with Gasteiger partial charge in [-0.3, -0.25) is 0 Å². The molecule has 1 aromatic heterocycles. The molecule has 284 valence electrons. The third-order valence-corrected chi connectivity index (χ3v) is 11.7. The topological polar surface area (TPSA) is 12.9 Å². The van der Waals surface area contributed by atoms with Crippen LogP contribution in [0.4, 0.5) is 0 Å². The molecular formula is C59H43N. The van der Waals surface area contributed by atoms with E-state index in [4.69, 9.17) is 4.98 Å². The van der Waals surface area contributed by atoms with E-state index in [9.17, 15) is 0 Å². The Labute approximate surface area is 352 Å². The Balaban J connectivity index is 1.11. The Morgan fingerprint density at radius 1 is 0.367 bits per heavy atom. The van der Waals surface area contributed by atoms with Gasteiger partial charge in [-0.05, 0) is 115 Å². The van der Waals surface area contributed by atoms with Crippen LogP contribution in [0.3, 0.4) is 0 Å². The molecule has 9 aromatic carbocycles. The molecule has 10 rings (SSSR count). The van der Waals surface area contributed by atoms with Gasteiger partial charge in [0, 0.05) is 16.3 Å². The summed E-state index contributed by atoms with van der Waals surface area (Å²) in [5.41, 5.74) is 17.5. The van der Waals surface area contributed by atoms with Crippen molar-refractivity contribution in [2.75, 3.05) is 0 Å². The largest absolute Gasteiger partial charge is 0.247 e. The fourth-order valence-corrected chi connectivity index (χ4v) is 8.58. The Hall–Kier alpha value is -7.61. The molecule has 1 heteroatoms. The van der Waals surface area contributed by atoms with Gasteiger partial charge >= 0.3 is 0 Å². The minimum absolute atomic E-state index is 1.00. The summed E-state index contributed by atoms with van der Waals surface area (Å²) in [6.07, 6.45) is 2.40. The predicted molar refractivity (Wildman–Crippen MR) is 257 cm³/mol. The Morgan fingerprint density at radius 2 is 0.850 bits per heavy atom. The minimum atomic E-state index is 1.00. The number of pyridine rings is 1. The second-order valence-corrected chi connectivity index (χ2v) is 15.7. The molecule has 0 atom stereocenters. The molecule has 0 N–H and O–H groups in total. The fourth-order valence-electron chi connectivity index (χ4n) is 8.58. The fraction of sp³-hybridized carbons (Fsp3) is 0.0339. The van der Waals surface area contributed by atoms with Gasteiger partial charge in [-0.2, -0.15) is 0 Å². The van der Waals surface area contributed by atoms with E-state index in [0.717, 1.165) is 27.7 Å². The lowest BCUT2D eigenvalue weighted by atomic mass is 9.87. The summed E-state index contributed by atoms with van der Waals surface area (Å²) in [5.74, 6) is 0. The van der Waals surface area contributed by atoms with Gasteiger partial charge in [0.1, 0.15) is 0 Å². The van der Waals surface area contributed by atoms with E-state index in [2.05, 4.69) is 238 Å². The first-order chi connectivity index (χ1) is 29.6. The van der Waals surface area contributed by atoms with Gasteiger partial charge in [0.25, 0.3) is 0 Å². The van der Waals surface area contributed by atoms with Crippen molar-refractivity contribution in [3.8, 4) is 44.6 Å². The van der Waals surface area contributed by atoms with E-state index in [1.165, 1.54) is 82.8 Å². The number of rotatable bonds is 8. The van der Waals surface area contributed by atoms with Crippen LogP contribution in [0, 0.1) is 0 Å². The number of allylic oxidation sites excluding steroid dienone is 3. The molecule has 0 radical (unpaired) electrons. The molecule has 0 bridgehead atoms. The lowest BCUT2D eigenvalue weighted by Crippen LogP contribution is -1.95. The maximum Gasteiger partial charge on any atom is 0.0788 e. The third kappa shape index (κ3) is 7.12. The van der Waals surface area contributed by atoms with E-state index in [1.807, 2.05) is 0 Å². The molecule has 1 heterocycles. The van der Waals surface area contributed by atoms with Crippen LogP contribution < -0.4 is 0 Å². The van der Waals surface area contributed by atoms with Gasteiger partial charge in [0.2, 0.25) is 0 Å². The van der Waals surface area contributed by atoms with Crippen LogP contribution in [0.15, 0.2) is 230 Å². The Bertz CT molecular complexity index is 3200. The van der Waals surface area contributed by atoms with Crippen LogP contribution >= 0.6 is 0 Å². The highest BCUT2D eigenvalue weighted by Gasteiger charge is 2.16. The summed E-state index contributed by atoms with van der Waals surface area (Å²) in [7, 11) is 0. The number of hydrogen-bond acceptors (Lipinski definition) is 1. The molecule has 0 spiro atoms. The van der Waals surface area contributed by atoms with Gasteiger partial charge in [0.15, 0.2) is 0 Å². The molecular weight excluding hydrogens is 723 g/mol. The van der Waals surface area contributed by atoms with Crippen LogP contribution in [0.2, 0.25) is 0 Å². The summed E-state index contributed by atoms with van der Waals surface area (Å²) < 4.78 is 0. The van der Waals surface area contributed by atoms with Gasteiger partial charge in [-0.1, -0.05) is 206 Å². The summed E-state index contributed by atoms with van der Waals surface area (Å²) >= 11 is 0. The van der Waals surface area contributed by atoms with Crippen molar-refractivity contribution in [3.63, 3.8) is 0 Å². The molecule has 0 fully saturated rings. The molecule has 0 amide bonds. The quantitative estimate of drug-likeness (QED) is 0.111. The Kier molecular flexibility index (Phi) is 9.77. The summed E-state index contributed by atoms with van der Waals surface area (Å²) in [6, 6.07) is 78.8.